The maximum Gasteiger partial charge on any atom is 0.0646 e. The Morgan fingerprint density at radius 2 is 2.53 bits per heavy atom. The highest BCUT2D eigenvalue weighted by Gasteiger charge is 2.28. The minimum Gasteiger partial charge on any atom is -0.379 e. The Morgan fingerprint density at radius 3 is 3.20 bits per heavy atom. The summed E-state index contributed by atoms with van der Waals surface area (Å²) in [5, 5.41) is 7.20. The summed E-state index contributed by atoms with van der Waals surface area (Å²) in [5.41, 5.74) is 0.238. The number of ether oxygens (including phenoxy) is 1. The van der Waals surface area contributed by atoms with E-state index in [0.717, 1.165) is 26.2 Å². The van der Waals surface area contributed by atoms with E-state index < -0.39 is 0 Å². The first kappa shape index (κ1) is 11.7. The second-order valence-corrected chi connectivity index (χ2v) is 5.95. The van der Waals surface area contributed by atoms with Crippen LogP contribution in [0.1, 0.15) is 19.8 Å². The van der Waals surface area contributed by atoms with Gasteiger partial charge >= 0.3 is 0 Å². The van der Waals surface area contributed by atoms with Crippen LogP contribution in [0.2, 0.25) is 0 Å². The van der Waals surface area contributed by atoms with E-state index in [9.17, 15) is 0 Å². The van der Waals surface area contributed by atoms with E-state index >= 15 is 0 Å². The van der Waals surface area contributed by atoms with Crippen molar-refractivity contribution in [2.45, 2.75) is 31.3 Å². The molecule has 0 spiro atoms. The molecule has 2 N–H and O–H groups in total. The van der Waals surface area contributed by atoms with E-state index in [4.69, 9.17) is 4.74 Å². The van der Waals surface area contributed by atoms with Gasteiger partial charge in [-0.15, -0.1) is 0 Å². The summed E-state index contributed by atoms with van der Waals surface area (Å²) in [6.07, 6.45) is 2.39. The Morgan fingerprint density at radius 1 is 1.60 bits per heavy atom. The molecular weight excluding hydrogens is 208 g/mol. The molecule has 2 rings (SSSR count). The molecule has 0 aromatic rings. The van der Waals surface area contributed by atoms with Crippen LogP contribution in [0.4, 0.5) is 0 Å². The van der Waals surface area contributed by atoms with Crippen molar-refractivity contribution < 1.29 is 4.74 Å². The highest BCUT2D eigenvalue weighted by Crippen LogP contribution is 2.17. The average molecular weight is 230 g/mol. The van der Waals surface area contributed by atoms with Crippen molar-refractivity contribution in [1.82, 2.24) is 10.6 Å². The van der Waals surface area contributed by atoms with E-state index in [-0.39, 0.29) is 5.54 Å². The molecule has 2 aliphatic heterocycles. The fourth-order valence-corrected chi connectivity index (χ4v) is 3.16. The third-order valence-corrected chi connectivity index (χ3v) is 4.39. The standard InChI is InChI=1S/C11H22N2OS/c1-11(3-6-14-9-11)13-4-2-10-8-15-7-5-12-10/h10,12-13H,2-9H2,1H3. The Bertz CT molecular complexity index is 189. The lowest BCUT2D eigenvalue weighted by molar-refractivity contribution is 0.171. The van der Waals surface area contributed by atoms with Crippen LogP contribution in [-0.4, -0.2) is 49.4 Å². The molecule has 0 radical (unpaired) electrons. The van der Waals surface area contributed by atoms with Gasteiger partial charge in [0.05, 0.1) is 6.61 Å². The van der Waals surface area contributed by atoms with Crippen LogP contribution in [0.25, 0.3) is 0 Å². The minimum atomic E-state index is 0.238. The monoisotopic (exact) mass is 230 g/mol. The van der Waals surface area contributed by atoms with Crippen molar-refractivity contribution in [3.8, 4) is 0 Å². The number of thioether (sulfide) groups is 1. The van der Waals surface area contributed by atoms with Gasteiger partial charge in [-0.1, -0.05) is 0 Å². The topological polar surface area (TPSA) is 33.3 Å². The maximum atomic E-state index is 5.42. The highest BCUT2D eigenvalue weighted by molar-refractivity contribution is 7.99. The van der Waals surface area contributed by atoms with Gasteiger partial charge in [-0.2, -0.15) is 11.8 Å². The second-order valence-electron chi connectivity index (χ2n) is 4.80. The van der Waals surface area contributed by atoms with Gasteiger partial charge in [0.15, 0.2) is 0 Å². The first-order chi connectivity index (χ1) is 7.29. The molecule has 88 valence electrons. The van der Waals surface area contributed by atoms with Crippen LogP contribution in [0, 0.1) is 0 Å². The zero-order valence-corrected chi connectivity index (χ0v) is 10.4. The quantitative estimate of drug-likeness (QED) is 0.750. The van der Waals surface area contributed by atoms with Crippen molar-refractivity contribution in [2.75, 3.05) is 37.8 Å². The summed E-state index contributed by atoms with van der Waals surface area (Å²) in [4.78, 5) is 0. The normalized spacial score (nSPS) is 37.0. The van der Waals surface area contributed by atoms with E-state index in [2.05, 4.69) is 29.3 Å². The molecule has 4 heteroatoms. The van der Waals surface area contributed by atoms with Crippen LogP contribution >= 0.6 is 11.8 Å². The Kier molecular flexibility index (Phi) is 4.31. The molecule has 0 saturated carbocycles. The number of hydrogen-bond acceptors (Lipinski definition) is 4. The summed E-state index contributed by atoms with van der Waals surface area (Å²) in [5.74, 6) is 2.55. The molecule has 0 aromatic heterocycles. The van der Waals surface area contributed by atoms with E-state index in [1.165, 1.54) is 24.5 Å². The van der Waals surface area contributed by atoms with Gasteiger partial charge in [0.25, 0.3) is 0 Å². The van der Waals surface area contributed by atoms with Crippen LogP contribution in [-0.2, 0) is 4.74 Å². The van der Waals surface area contributed by atoms with Crippen molar-refractivity contribution in [3.05, 3.63) is 0 Å². The SMILES string of the molecule is CC1(NCCC2CSCCN2)CCOC1. The smallest absolute Gasteiger partial charge is 0.0646 e. The van der Waals surface area contributed by atoms with E-state index in [1.54, 1.807) is 0 Å². The van der Waals surface area contributed by atoms with Crippen LogP contribution in [0.5, 0.6) is 0 Å². The third kappa shape index (κ3) is 3.63. The first-order valence-electron chi connectivity index (χ1n) is 5.92. The predicted octanol–water partition coefficient (Wildman–Crippen LogP) is 0.850. The number of hydrogen-bond donors (Lipinski definition) is 2. The second kappa shape index (κ2) is 5.53. The Hall–Kier alpha value is 0.230. The molecule has 0 bridgehead atoms. The zero-order chi connectivity index (χ0) is 10.6. The van der Waals surface area contributed by atoms with Gasteiger partial charge < -0.3 is 15.4 Å². The third-order valence-electron chi connectivity index (χ3n) is 3.26. The van der Waals surface area contributed by atoms with Gasteiger partial charge in [0.1, 0.15) is 0 Å². The first-order valence-corrected chi connectivity index (χ1v) is 7.08. The molecule has 2 atom stereocenters. The number of rotatable bonds is 4. The summed E-state index contributed by atoms with van der Waals surface area (Å²) in [6, 6.07) is 0.710. The molecule has 2 unspecified atom stereocenters. The van der Waals surface area contributed by atoms with E-state index in [1.807, 2.05) is 0 Å². The molecule has 2 fully saturated rings. The molecule has 0 aromatic carbocycles. The lowest BCUT2D eigenvalue weighted by Crippen LogP contribution is -2.46. The molecule has 0 aliphatic carbocycles. The maximum absolute atomic E-state index is 5.42. The molecule has 2 saturated heterocycles. The highest BCUT2D eigenvalue weighted by atomic mass is 32.2. The molecule has 2 heterocycles. The van der Waals surface area contributed by atoms with Crippen LogP contribution in [0.15, 0.2) is 0 Å². The van der Waals surface area contributed by atoms with Gasteiger partial charge in [-0.05, 0) is 26.3 Å². The van der Waals surface area contributed by atoms with Crippen LogP contribution < -0.4 is 10.6 Å². The summed E-state index contributed by atoms with van der Waals surface area (Å²) < 4.78 is 5.42. The van der Waals surface area contributed by atoms with Crippen molar-refractivity contribution in [3.63, 3.8) is 0 Å². The van der Waals surface area contributed by atoms with Gasteiger partial charge in [-0.3, -0.25) is 0 Å². The lowest BCUT2D eigenvalue weighted by atomic mass is 10.0. The van der Waals surface area contributed by atoms with E-state index in [0.29, 0.717) is 6.04 Å². The van der Waals surface area contributed by atoms with Gasteiger partial charge in [0.2, 0.25) is 0 Å². The Balaban J connectivity index is 1.61. The van der Waals surface area contributed by atoms with Crippen molar-refractivity contribution in [1.29, 1.82) is 0 Å². The zero-order valence-electron chi connectivity index (χ0n) is 9.55. The fourth-order valence-electron chi connectivity index (χ4n) is 2.16. The molecule has 0 amide bonds. The molecule has 15 heavy (non-hydrogen) atoms. The van der Waals surface area contributed by atoms with Gasteiger partial charge in [-0.25, -0.2) is 0 Å². The van der Waals surface area contributed by atoms with Crippen LogP contribution in [0.3, 0.4) is 0 Å². The van der Waals surface area contributed by atoms with Crippen molar-refractivity contribution in [2.24, 2.45) is 0 Å². The average Bonchev–Trinajstić information content (AvgIpc) is 2.67. The van der Waals surface area contributed by atoms with Gasteiger partial charge in [0, 0.05) is 36.2 Å². The lowest BCUT2D eigenvalue weighted by Gasteiger charge is -2.27. The number of nitrogens with one attached hydrogen (secondary N) is 2. The summed E-state index contributed by atoms with van der Waals surface area (Å²) in [7, 11) is 0. The van der Waals surface area contributed by atoms with Crippen molar-refractivity contribution >= 4 is 11.8 Å². The predicted molar refractivity (Wildman–Crippen MR) is 65.6 cm³/mol. The fraction of sp³-hybridized carbons (Fsp3) is 1.00. The summed E-state index contributed by atoms with van der Waals surface area (Å²) >= 11 is 2.07. The molecule has 3 nitrogen and oxygen atoms in total. The Labute approximate surface area is 96.7 Å². The largest absolute Gasteiger partial charge is 0.379 e. The minimum absolute atomic E-state index is 0.238. The molecule has 2 aliphatic rings. The molecular formula is C11H22N2OS. The summed E-state index contributed by atoms with van der Waals surface area (Å²) in [6.45, 7) is 6.34.